The van der Waals surface area contributed by atoms with Crippen molar-refractivity contribution in [2.45, 2.75) is 18.3 Å². The van der Waals surface area contributed by atoms with Crippen LogP contribution in [0.3, 0.4) is 0 Å². The van der Waals surface area contributed by atoms with E-state index in [1.807, 2.05) is 0 Å². The molecule has 0 bridgehead atoms. The number of hydrogen-bond acceptors (Lipinski definition) is 5. The second-order valence-electron chi connectivity index (χ2n) is 4.31. The fourth-order valence-corrected chi connectivity index (χ4v) is 3.21. The van der Waals surface area contributed by atoms with Crippen LogP contribution in [0, 0.1) is 10.1 Å². The molecule has 7 nitrogen and oxygen atoms in total. The molecule has 20 heavy (non-hydrogen) atoms. The predicted octanol–water partition coefficient (Wildman–Crippen LogP) is 1.58. The second kappa shape index (κ2) is 5.49. The highest BCUT2D eigenvalue weighted by atomic mass is 32.2. The van der Waals surface area contributed by atoms with Crippen LogP contribution in [-0.2, 0) is 4.79 Å². The van der Waals surface area contributed by atoms with Crippen molar-refractivity contribution >= 4 is 29.3 Å². The summed E-state index contributed by atoms with van der Waals surface area (Å²) in [5.41, 5.74) is -0.0676. The molecule has 0 radical (unpaired) electrons. The van der Waals surface area contributed by atoms with Gasteiger partial charge in [0.15, 0.2) is 0 Å². The van der Waals surface area contributed by atoms with Crippen LogP contribution < -0.4 is 0 Å². The first-order valence-corrected chi connectivity index (χ1v) is 6.88. The van der Waals surface area contributed by atoms with Crippen molar-refractivity contribution in [3.8, 4) is 0 Å². The zero-order chi connectivity index (χ0) is 14.9. The number of benzene rings is 1. The Morgan fingerprint density at radius 3 is 2.80 bits per heavy atom. The molecule has 1 saturated heterocycles. The van der Waals surface area contributed by atoms with Crippen molar-refractivity contribution in [1.82, 2.24) is 4.90 Å². The molecule has 1 N–H and O–H groups in total. The molecule has 1 aliphatic rings. The summed E-state index contributed by atoms with van der Waals surface area (Å²) in [5, 5.41) is 19.6. The maximum atomic E-state index is 12.4. The number of nitrogens with zero attached hydrogens (tertiary/aromatic N) is 2. The number of hydrogen-bond donors (Lipinski definition) is 1. The molecule has 1 amide bonds. The number of aliphatic carboxylic acids is 1. The lowest BCUT2D eigenvalue weighted by Crippen LogP contribution is -2.44. The number of carbonyl (C=O) groups excluding carboxylic acids is 1. The average molecular weight is 296 g/mol. The monoisotopic (exact) mass is 296 g/mol. The third kappa shape index (κ3) is 2.60. The number of nitro benzene ring substituents is 1. The number of nitro groups is 1. The van der Waals surface area contributed by atoms with Crippen molar-refractivity contribution in [1.29, 1.82) is 0 Å². The van der Waals surface area contributed by atoms with Gasteiger partial charge in [0.25, 0.3) is 11.6 Å². The van der Waals surface area contributed by atoms with Crippen molar-refractivity contribution in [2.75, 3.05) is 5.75 Å². The van der Waals surface area contributed by atoms with Crippen LogP contribution in [0.5, 0.6) is 0 Å². The SMILES string of the molecule is CC1SCC(C(=O)O)N1C(=O)c1cccc([N+](=O)[O-])c1. The van der Waals surface area contributed by atoms with Crippen LogP contribution in [0.4, 0.5) is 5.69 Å². The molecular formula is C12H12N2O5S. The summed E-state index contributed by atoms with van der Waals surface area (Å²) in [4.78, 5) is 34.9. The summed E-state index contributed by atoms with van der Waals surface area (Å²) in [6.07, 6.45) is 0. The van der Waals surface area contributed by atoms with E-state index in [-0.39, 0.29) is 16.6 Å². The average Bonchev–Trinajstić information content (AvgIpc) is 2.80. The van der Waals surface area contributed by atoms with Crippen molar-refractivity contribution in [2.24, 2.45) is 0 Å². The van der Waals surface area contributed by atoms with Gasteiger partial charge in [-0.25, -0.2) is 4.79 Å². The molecule has 2 unspecified atom stereocenters. The van der Waals surface area contributed by atoms with Crippen LogP contribution in [0.1, 0.15) is 17.3 Å². The predicted molar refractivity (Wildman–Crippen MR) is 72.6 cm³/mol. The lowest BCUT2D eigenvalue weighted by atomic mass is 10.1. The van der Waals surface area contributed by atoms with E-state index in [1.54, 1.807) is 6.92 Å². The molecule has 1 aliphatic heterocycles. The highest BCUT2D eigenvalue weighted by molar-refractivity contribution is 8.00. The van der Waals surface area contributed by atoms with Crippen molar-refractivity contribution < 1.29 is 19.6 Å². The van der Waals surface area contributed by atoms with E-state index in [0.29, 0.717) is 5.75 Å². The standard InChI is InChI=1S/C12H12N2O5S/c1-7-13(10(6-20-7)12(16)17)11(15)8-3-2-4-9(5-8)14(18)19/h2-5,7,10H,6H2,1H3,(H,16,17). The molecule has 2 atom stereocenters. The molecular weight excluding hydrogens is 284 g/mol. The van der Waals surface area contributed by atoms with Gasteiger partial charge in [0.05, 0.1) is 10.3 Å². The minimum atomic E-state index is -1.07. The molecule has 8 heteroatoms. The van der Waals surface area contributed by atoms with Gasteiger partial charge >= 0.3 is 5.97 Å². The molecule has 106 valence electrons. The maximum absolute atomic E-state index is 12.4. The molecule has 1 heterocycles. The minimum Gasteiger partial charge on any atom is -0.480 e. The highest BCUT2D eigenvalue weighted by Gasteiger charge is 2.39. The van der Waals surface area contributed by atoms with Crippen molar-refractivity contribution in [3.63, 3.8) is 0 Å². The van der Waals surface area contributed by atoms with Gasteiger partial charge in [-0.2, -0.15) is 0 Å². The van der Waals surface area contributed by atoms with Crippen LogP contribution >= 0.6 is 11.8 Å². The number of thioether (sulfide) groups is 1. The normalized spacial score (nSPS) is 21.8. The van der Waals surface area contributed by atoms with E-state index in [9.17, 15) is 19.7 Å². The lowest BCUT2D eigenvalue weighted by Gasteiger charge is -2.24. The molecule has 1 aromatic rings. The Kier molecular flexibility index (Phi) is 3.93. The van der Waals surface area contributed by atoms with Gasteiger partial charge in [-0.1, -0.05) is 6.07 Å². The number of amides is 1. The quantitative estimate of drug-likeness (QED) is 0.671. The van der Waals surface area contributed by atoms with Gasteiger partial charge in [-0.15, -0.1) is 11.8 Å². The number of carboxylic acid groups (broad SMARTS) is 1. The van der Waals surface area contributed by atoms with E-state index < -0.39 is 22.8 Å². The summed E-state index contributed by atoms with van der Waals surface area (Å²) in [6, 6.07) is 4.41. The Hall–Kier alpha value is -2.09. The van der Waals surface area contributed by atoms with Crippen LogP contribution in [0.15, 0.2) is 24.3 Å². The van der Waals surface area contributed by atoms with E-state index in [2.05, 4.69) is 0 Å². The van der Waals surface area contributed by atoms with Gasteiger partial charge in [0, 0.05) is 23.4 Å². The number of non-ortho nitro benzene ring substituents is 1. The summed E-state index contributed by atoms with van der Waals surface area (Å²) in [7, 11) is 0. The molecule has 0 spiro atoms. The first-order valence-electron chi connectivity index (χ1n) is 5.83. The van der Waals surface area contributed by atoms with Crippen LogP contribution in [0.2, 0.25) is 0 Å². The number of rotatable bonds is 3. The van der Waals surface area contributed by atoms with E-state index in [0.717, 1.165) is 6.07 Å². The highest BCUT2D eigenvalue weighted by Crippen LogP contribution is 2.30. The maximum Gasteiger partial charge on any atom is 0.327 e. The zero-order valence-electron chi connectivity index (χ0n) is 10.6. The number of carboxylic acids is 1. The molecule has 2 rings (SSSR count). The molecule has 1 aromatic carbocycles. The van der Waals surface area contributed by atoms with Gasteiger partial charge in [-0.05, 0) is 13.0 Å². The molecule has 0 aromatic heterocycles. The Morgan fingerprint density at radius 2 is 2.20 bits per heavy atom. The minimum absolute atomic E-state index is 0.125. The van der Waals surface area contributed by atoms with Gasteiger partial charge in [-0.3, -0.25) is 14.9 Å². The Bertz CT molecular complexity index is 577. The second-order valence-corrected chi connectivity index (χ2v) is 5.66. The van der Waals surface area contributed by atoms with Crippen LogP contribution in [0.25, 0.3) is 0 Å². The van der Waals surface area contributed by atoms with E-state index >= 15 is 0 Å². The first-order chi connectivity index (χ1) is 9.41. The molecule has 0 saturated carbocycles. The summed E-state index contributed by atoms with van der Waals surface area (Å²) in [5.74, 6) is -1.25. The third-order valence-electron chi connectivity index (χ3n) is 3.05. The largest absolute Gasteiger partial charge is 0.480 e. The van der Waals surface area contributed by atoms with E-state index in [1.165, 1.54) is 34.9 Å². The Labute approximate surface area is 118 Å². The van der Waals surface area contributed by atoms with E-state index in [4.69, 9.17) is 5.11 Å². The summed E-state index contributed by atoms with van der Waals surface area (Å²) >= 11 is 1.37. The van der Waals surface area contributed by atoms with Crippen molar-refractivity contribution in [3.05, 3.63) is 39.9 Å². The van der Waals surface area contributed by atoms with Crippen LogP contribution in [-0.4, -0.2) is 44.0 Å². The van der Waals surface area contributed by atoms with Gasteiger partial charge in [0.2, 0.25) is 0 Å². The summed E-state index contributed by atoms with van der Waals surface area (Å²) in [6.45, 7) is 1.74. The lowest BCUT2D eigenvalue weighted by molar-refractivity contribution is -0.384. The summed E-state index contributed by atoms with van der Waals surface area (Å²) < 4.78 is 0. The van der Waals surface area contributed by atoms with Gasteiger partial charge < -0.3 is 10.0 Å². The fraction of sp³-hybridized carbons (Fsp3) is 0.333. The zero-order valence-corrected chi connectivity index (χ0v) is 11.4. The Balaban J connectivity index is 2.32. The third-order valence-corrected chi connectivity index (χ3v) is 4.26. The van der Waals surface area contributed by atoms with Gasteiger partial charge in [0.1, 0.15) is 6.04 Å². The number of carbonyl (C=O) groups is 2. The fourth-order valence-electron chi connectivity index (χ4n) is 2.04. The topological polar surface area (TPSA) is 101 Å². The Morgan fingerprint density at radius 1 is 1.50 bits per heavy atom. The smallest absolute Gasteiger partial charge is 0.327 e. The molecule has 1 fully saturated rings. The first kappa shape index (κ1) is 14.3. The molecule has 0 aliphatic carbocycles.